The van der Waals surface area contributed by atoms with Crippen molar-refractivity contribution >= 4 is 0 Å². The first-order chi connectivity index (χ1) is 10.5. The molecule has 5 saturated heterocycles. The summed E-state index contributed by atoms with van der Waals surface area (Å²) < 4.78 is 0. The Morgan fingerprint density at radius 3 is 1.05 bits per heavy atom. The van der Waals surface area contributed by atoms with Gasteiger partial charge in [-0.25, -0.2) is 0 Å². The average molecular weight is 306 g/mol. The molecule has 5 heterocycles. The van der Waals surface area contributed by atoms with E-state index in [-0.39, 0.29) is 0 Å². The van der Waals surface area contributed by atoms with Crippen molar-refractivity contribution < 1.29 is 0 Å². The molecule has 0 aliphatic carbocycles. The van der Waals surface area contributed by atoms with Crippen molar-refractivity contribution in [2.75, 3.05) is 39.5 Å². The van der Waals surface area contributed by atoms with Gasteiger partial charge in [0.25, 0.3) is 0 Å². The van der Waals surface area contributed by atoms with Gasteiger partial charge >= 0.3 is 0 Å². The molecule has 5 aliphatic heterocycles. The summed E-state index contributed by atoms with van der Waals surface area (Å²) in [6.45, 7) is 16.8. The SMILES string of the molecule is CC1CN2CC(C)N3CN4C(C)CN5CC(C)N(CN1C23)C54. The number of hydrogen-bond donors (Lipinski definition) is 0. The lowest BCUT2D eigenvalue weighted by Crippen LogP contribution is -2.63. The van der Waals surface area contributed by atoms with Crippen LogP contribution < -0.4 is 0 Å². The fourth-order valence-electron chi connectivity index (χ4n) is 5.66. The lowest BCUT2D eigenvalue weighted by molar-refractivity contribution is -0.117. The molecule has 0 bridgehead atoms. The minimum atomic E-state index is 0.528. The summed E-state index contributed by atoms with van der Waals surface area (Å²) >= 11 is 0. The molecule has 0 aromatic carbocycles. The van der Waals surface area contributed by atoms with Crippen LogP contribution in [0.25, 0.3) is 0 Å². The second-order valence-corrected chi connectivity index (χ2v) is 8.34. The Labute approximate surface area is 134 Å². The Hall–Kier alpha value is -0.240. The van der Waals surface area contributed by atoms with E-state index in [9.17, 15) is 0 Å². The van der Waals surface area contributed by atoms with Gasteiger partial charge in [0.05, 0.1) is 13.3 Å². The molecule has 4 unspecified atom stereocenters. The van der Waals surface area contributed by atoms with Crippen LogP contribution in [0, 0.1) is 0 Å². The van der Waals surface area contributed by atoms with Gasteiger partial charge < -0.3 is 0 Å². The second kappa shape index (κ2) is 4.65. The van der Waals surface area contributed by atoms with Crippen LogP contribution in [-0.4, -0.2) is 106 Å². The molecule has 0 aromatic rings. The number of rotatable bonds is 0. The molecule has 6 nitrogen and oxygen atoms in total. The van der Waals surface area contributed by atoms with E-state index in [2.05, 4.69) is 57.1 Å². The Kier molecular flexibility index (Phi) is 2.99. The standard InChI is InChI=1S/C16H30N6/c1-11-5-17-6-12(2)21-10-22-14(4)8-18-7-13(3)20(16(18)22)9-19(11)15(17)21/h11-16H,5-10H2,1-4H3. The average Bonchev–Trinajstić information content (AvgIpc) is 3.05. The molecule has 0 radical (unpaired) electrons. The molecule has 0 aromatic heterocycles. The maximum Gasteiger partial charge on any atom is 0.122 e. The maximum absolute atomic E-state index is 2.75. The summed E-state index contributed by atoms with van der Waals surface area (Å²) in [5.41, 5.74) is 0. The van der Waals surface area contributed by atoms with Crippen LogP contribution >= 0.6 is 0 Å². The van der Waals surface area contributed by atoms with E-state index in [1.165, 1.54) is 26.2 Å². The molecule has 5 rings (SSSR count). The van der Waals surface area contributed by atoms with Crippen LogP contribution in [0.1, 0.15) is 27.7 Å². The maximum atomic E-state index is 2.75. The molecular formula is C16H30N6. The van der Waals surface area contributed by atoms with E-state index >= 15 is 0 Å². The van der Waals surface area contributed by atoms with Gasteiger partial charge in [-0.3, -0.25) is 29.4 Å². The van der Waals surface area contributed by atoms with Crippen molar-refractivity contribution in [3.63, 3.8) is 0 Å². The molecule has 0 saturated carbocycles. The molecule has 22 heavy (non-hydrogen) atoms. The molecule has 6 heteroatoms. The number of hydrogen-bond acceptors (Lipinski definition) is 6. The van der Waals surface area contributed by atoms with Crippen LogP contribution in [0.3, 0.4) is 0 Å². The Morgan fingerprint density at radius 1 is 0.500 bits per heavy atom. The third-order valence-electron chi connectivity index (χ3n) is 6.75. The highest BCUT2D eigenvalue weighted by Crippen LogP contribution is 2.39. The first kappa shape index (κ1) is 14.1. The van der Waals surface area contributed by atoms with Crippen LogP contribution in [0.15, 0.2) is 0 Å². The van der Waals surface area contributed by atoms with Crippen molar-refractivity contribution in [3.05, 3.63) is 0 Å². The molecule has 4 atom stereocenters. The van der Waals surface area contributed by atoms with Gasteiger partial charge in [-0.05, 0) is 27.7 Å². The highest BCUT2D eigenvalue weighted by atomic mass is 15.7. The summed E-state index contributed by atoms with van der Waals surface area (Å²) in [6.07, 6.45) is 1.06. The predicted octanol–water partition coefficient (Wildman–Crippen LogP) is -0.0974. The molecule has 0 N–H and O–H groups in total. The van der Waals surface area contributed by atoms with Crippen LogP contribution in [0.2, 0.25) is 0 Å². The summed E-state index contributed by atoms with van der Waals surface area (Å²) in [5, 5.41) is 0. The summed E-state index contributed by atoms with van der Waals surface area (Å²) in [5.74, 6) is 0. The van der Waals surface area contributed by atoms with E-state index in [4.69, 9.17) is 0 Å². The third-order valence-corrected chi connectivity index (χ3v) is 6.75. The van der Waals surface area contributed by atoms with Gasteiger partial charge in [-0.1, -0.05) is 0 Å². The minimum absolute atomic E-state index is 0.528. The van der Waals surface area contributed by atoms with Gasteiger partial charge in [-0.15, -0.1) is 0 Å². The molecule has 5 fully saturated rings. The van der Waals surface area contributed by atoms with E-state index < -0.39 is 0 Å². The smallest absolute Gasteiger partial charge is 0.122 e. The third kappa shape index (κ3) is 1.71. The van der Waals surface area contributed by atoms with E-state index in [0.29, 0.717) is 36.7 Å². The van der Waals surface area contributed by atoms with Gasteiger partial charge in [0, 0.05) is 50.3 Å². The highest BCUT2D eigenvalue weighted by molar-refractivity contribution is 5.03. The van der Waals surface area contributed by atoms with E-state index in [0.717, 1.165) is 13.3 Å². The quantitative estimate of drug-likeness (QED) is 0.618. The summed E-state index contributed by atoms with van der Waals surface area (Å²) in [6, 6.07) is 2.69. The Balaban J connectivity index is 1.54. The minimum Gasteiger partial charge on any atom is -0.272 e. The van der Waals surface area contributed by atoms with Crippen LogP contribution in [-0.2, 0) is 0 Å². The lowest BCUT2D eigenvalue weighted by atomic mass is 10.2. The topological polar surface area (TPSA) is 19.4 Å². The van der Waals surface area contributed by atoms with Crippen LogP contribution in [0.5, 0.6) is 0 Å². The molecule has 0 amide bonds. The first-order valence-corrected chi connectivity index (χ1v) is 9.05. The van der Waals surface area contributed by atoms with Crippen molar-refractivity contribution in [1.82, 2.24) is 29.4 Å². The zero-order chi connectivity index (χ0) is 15.2. The first-order valence-electron chi connectivity index (χ1n) is 9.05. The molecule has 124 valence electrons. The van der Waals surface area contributed by atoms with Crippen LogP contribution in [0.4, 0.5) is 0 Å². The van der Waals surface area contributed by atoms with Gasteiger partial charge in [0.15, 0.2) is 0 Å². The van der Waals surface area contributed by atoms with Crippen molar-refractivity contribution in [2.45, 2.75) is 64.4 Å². The van der Waals surface area contributed by atoms with Crippen molar-refractivity contribution in [3.8, 4) is 0 Å². The molecule has 0 spiro atoms. The zero-order valence-corrected chi connectivity index (χ0v) is 14.4. The summed E-state index contributed by atoms with van der Waals surface area (Å²) in [7, 11) is 0. The summed E-state index contributed by atoms with van der Waals surface area (Å²) in [4.78, 5) is 16.4. The fraction of sp³-hybridized carbons (Fsp3) is 1.00. The zero-order valence-electron chi connectivity index (χ0n) is 14.4. The predicted molar refractivity (Wildman–Crippen MR) is 85.7 cm³/mol. The van der Waals surface area contributed by atoms with Crippen molar-refractivity contribution in [2.24, 2.45) is 0 Å². The Bertz CT molecular complexity index is 394. The Morgan fingerprint density at radius 2 is 0.773 bits per heavy atom. The molecule has 5 aliphatic rings. The van der Waals surface area contributed by atoms with Gasteiger partial charge in [0.1, 0.15) is 12.6 Å². The highest BCUT2D eigenvalue weighted by Gasteiger charge is 2.55. The lowest BCUT2D eigenvalue weighted by Gasteiger charge is -2.47. The fourth-order valence-corrected chi connectivity index (χ4v) is 5.66. The van der Waals surface area contributed by atoms with Gasteiger partial charge in [-0.2, -0.15) is 0 Å². The normalized spacial score (nSPS) is 51.3. The molecular weight excluding hydrogens is 276 g/mol. The second-order valence-electron chi connectivity index (χ2n) is 8.34. The van der Waals surface area contributed by atoms with Crippen molar-refractivity contribution in [1.29, 1.82) is 0 Å². The number of nitrogens with zero attached hydrogens (tertiary/aromatic N) is 6. The monoisotopic (exact) mass is 306 g/mol. The van der Waals surface area contributed by atoms with Gasteiger partial charge in [0.2, 0.25) is 0 Å². The largest absolute Gasteiger partial charge is 0.272 e. The van der Waals surface area contributed by atoms with E-state index in [1.54, 1.807) is 0 Å². The van der Waals surface area contributed by atoms with E-state index in [1.807, 2.05) is 0 Å².